The van der Waals surface area contributed by atoms with Crippen LogP contribution < -0.4 is 0 Å². The molecular formula is C21H21NO3. The van der Waals surface area contributed by atoms with Crippen molar-refractivity contribution in [3.63, 3.8) is 0 Å². The SMILES string of the molecule is O=C(O[C@H]1CN2CCC1CC2)C1(O)c2ccccc2-c2ccccc21. The standard InChI is InChI=1S/C21H21NO3/c23-20(25-19-13-22-11-9-14(19)10-12-22)21(24)17-7-3-1-5-15(17)16-6-2-4-8-18(16)21/h1-8,14,19,24H,9-13H2/t19-/m0/s1. The number of carbonyl (C=O) groups excluding carboxylic acids is 1. The molecule has 128 valence electrons. The van der Waals surface area contributed by atoms with E-state index in [0.717, 1.165) is 43.6 Å². The molecule has 4 heteroatoms. The summed E-state index contributed by atoms with van der Waals surface area (Å²) in [5.74, 6) is -0.118. The molecule has 0 saturated carbocycles. The van der Waals surface area contributed by atoms with Gasteiger partial charge in [-0.2, -0.15) is 0 Å². The number of hydrogen-bond acceptors (Lipinski definition) is 4. The number of esters is 1. The largest absolute Gasteiger partial charge is 0.458 e. The van der Waals surface area contributed by atoms with E-state index in [2.05, 4.69) is 4.90 Å². The van der Waals surface area contributed by atoms with Crippen molar-refractivity contribution >= 4 is 5.97 Å². The van der Waals surface area contributed by atoms with Gasteiger partial charge in [0.1, 0.15) is 6.10 Å². The molecule has 1 atom stereocenters. The summed E-state index contributed by atoms with van der Waals surface area (Å²) < 4.78 is 5.90. The van der Waals surface area contributed by atoms with Gasteiger partial charge in [0.25, 0.3) is 0 Å². The molecule has 3 aliphatic heterocycles. The molecule has 0 amide bonds. The maximum absolute atomic E-state index is 13.1. The van der Waals surface area contributed by atoms with Gasteiger partial charge in [-0.05, 0) is 43.0 Å². The van der Waals surface area contributed by atoms with Crippen LogP contribution in [0.2, 0.25) is 0 Å². The van der Waals surface area contributed by atoms with E-state index in [4.69, 9.17) is 4.74 Å². The maximum Gasteiger partial charge on any atom is 0.348 e. The monoisotopic (exact) mass is 335 g/mol. The fourth-order valence-electron chi connectivity index (χ4n) is 4.70. The van der Waals surface area contributed by atoms with Crippen LogP contribution >= 0.6 is 0 Å². The first-order valence-corrected chi connectivity index (χ1v) is 9.03. The number of nitrogens with zero attached hydrogens (tertiary/aromatic N) is 1. The van der Waals surface area contributed by atoms with Crippen molar-refractivity contribution in [3.8, 4) is 11.1 Å². The third-order valence-corrected chi connectivity index (χ3v) is 6.07. The molecule has 1 N–H and O–H groups in total. The van der Waals surface area contributed by atoms with Crippen molar-refractivity contribution < 1.29 is 14.6 Å². The zero-order valence-electron chi connectivity index (χ0n) is 14.0. The lowest BCUT2D eigenvalue weighted by atomic mass is 9.85. The Balaban J connectivity index is 1.53. The molecule has 25 heavy (non-hydrogen) atoms. The molecule has 2 aromatic rings. The summed E-state index contributed by atoms with van der Waals surface area (Å²) in [5.41, 5.74) is 1.36. The van der Waals surface area contributed by atoms with E-state index < -0.39 is 11.6 Å². The van der Waals surface area contributed by atoms with E-state index in [1.807, 2.05) is 48.5 Å². The Hall–Kier alpha value is -2.17. The number of benzene rings is 2. The number of fused-ring (bicyclic) bond motifs is 6. The van der Waals surface area contributed by atoms with Gasteiger partial charge in [0.2, 0.25) is 5.60 Å². The normalized spacial score (nSPS) is 28.3. The van der Waals surface area contributed by atoms with Crippen molar-refractivity contribution in [2.24, 2.45) is 5.92 Å². The molecule has 0 unspecified atom stereocenters. The number of ether oxygens (including phenoxy) is 1. The Morgan fingerprint density at radius 1 is 1.00 bits per heavy atom. The molecule has 0 spiro atoms. The van der Waals surface area contributed by atoms with Gasteiger partial charge in [0, 0.05) is 17.7 Å². The van der Waals surface area contributed by atoms with Gasteiger partial charge in [-0.15, -0.1) is 0 Å². The van der Waals surface area contributed by atoms with Crippen LogP contribution in [-0.2, 0) is 15.1 Å². The van der Waals surface area contributed by atoms with Crippen LogP contribution in [0.4, 0.5) is 0 Å². The van der Waals surface area contributed by atoms with Crippen LogP contribution in [0.25, 0.3) is 11.1 Å². The van der Waals surface area contributed by atoms with Gasteiger partial charge in [-0.3, -0.25) is 4.90 Å². The average Bonchev–Trinajstić information content (AvgIpc) is 2.94. The Labute approximate surface area is 147 Å². The number of piperidine rings is 3. The fraction of sp³-hybridized carbons (Fsp3) is 0.381. The van der Waals surface area contributed by atoms with Gasteiger partial charge in [0.05, 0.1) is 0 Å². The summed E-state index contributed by atoms with van der Waals surface area (Å²) in [4.78, 5) is 15.5. The molecule has 0 aromatic heterocycles. The van der Waals surface area contributed by atoms with Crippen molar-refractivity contribution in [1.82, 2.24) is 4.90 Å². The zero-order chi connectivity index (χ0) is 17.0. The lowest BCUT2D eigenvalue weighted by molar-refractivity contribution is -0.176. The predicted octanol–water partition coefficient (Wildman–Crippen LogP) is 2.54. The molecule has 3 saturated heterocycles. The van der Waals surface area contributed by atoms with Crippen molar-refractivity contribution in [2.75, 3.05) is 19.6 Å². The van der Waals surface area contributed by atoms with Gasteiger partial charge in [-0.1, -0.05) is 48.5 Å². The van der Waals surface area contributed by atoms with Crippen LogP contribution in [0.5, 0.6) is 0 Å². The highest BCUT2D eigenvalue weighted by atomic mass is 16.6. The summed E-state index contributed by atoms with van der Waals surface area (Å²) >= 11 is 0. The smallest absolute Gasteiger partial charge is 0.348 e. The summed E-state index contributed by atoms with van der Waals surface area (Å²) in [6.07, 6.45) is 2.03. The predicted molar refractivity (Wildman–Crippen MR) is 93.9 cm³/mol. The van der Waals surface area contributed by atoms with Crippen LogP contribution in [0, 0.1) is 5.92 Å². The van der Waals surface area contributed by atoms with E-state index in [-0.39, 0.29) is 6.10 Å². The molecule has 2 aromatic carbocycles. The molecule has 6 rings (SSSR count). The van der Waals surface area contributed by atoms with E-state index in [1.165, 1.54) is 0 Å². The highest BCUT2D eigenvalue weighted by Crippen LogP contribution is 2.48. The van der Waals surface area contributed by atoms with Crippen LogP contribution in [0.1, 0.15) is 24.0 Å². The highest BCUT2D eigenvalue weighted by Gasteiger charge is 2.50. The lowest BCUT2D eigenvalue weighted by Crippen LogP contribution is -2.53. The van der Waals surface area contributed by atoms with Gasteiger partial charge < -0.3 is 9.84 Å². The molecule has 3 fully saturated rings. The first-order valence-electron chi connectivity index (χ1n) is 9.03. The second-order valence-corrected chi connectivity index (χ2v) is 7.38. The molecule has 0 radical (unpaired) electrons. The Bertz CT molecular complexity index is 793. The van der Waals surface area contributed by atoms with E-state index in [9.17, 15) is 9.90 Å². The fourth-order valence-corrected chi connectivity index (χ4v) is 4.70. The number of carbonyl (C=O) groups is 1. The Kier molecular flexibility index (Phi) is 3.27. The Morgan fingerprint density at radius 3 is 2.08 bits per heavy atom. The van der Waals surface area contributed by atoms with Crippen molar-refractivity contribution in [3.05, 3.63) is 59.7 Å². The lowest BCUT2D eigenvalue weighted by Gasteiger charge is -2.44. The topological polar surface area (TPSA) is 49.8 Å². The second kappa shape index (κ2) is 5.41. The third kappa shape index (κ3) is 2.11. The minimum Gasteiger partial charge on any atom is -0.458 e. The first-order chi connectivity index (χ1) is 12.2. The first kappa shape index (κ1) is 15.1. The number of hydrogen-bond donors (Lipinski definition) is 1. The maximum atomic E-state index is 13.1. The number of aliphatic hydroxyl groups is 1. The molecule has 3 heterocycles. The summed E-state index contributed by atoms with van der Waals surface area (Å²) in [7, 11) is 0. The summed E-state index contributed by atoms with van der Waals surface area (Å²) in [6.45, 7) is 2.97. The third-order valence-electron chi connectivity index (χ3n) is 6.07. The minimum absolute atomic E-state index is 0.112. The molecule has 4 nitrogen and oxygen atoms in total. The second-order valence-electron chi connectivity index (χ2n) is 7.38. The highest BCUT2D eigenvalue weighted by molar-refractivity contribution is 5.96. The van der Waals surface area contributed by atoms with E-state index in [1.54, 1.807) is 0 Å². The summed E-state index contributed by atoms with van der Waals surface area (Å²) in [6, 6.07) is 15.1. The number of rotatable bonds is 2. The van der Waals surface area contributed by atoms with E-state index in [0.29, 0.717) is 17.0 Å². The van der Waals surface area contributed by atoms with E-state index >= 15 is 0 Å². The zero-order valence-corrected chi connectivity index (χ0v) is 14.0. The molecule has 4 aliphatic rings. The van der Waals surface area contributed by atoms with Crippen LogP contribution in [0.15, 0.2) is 48.5 Å². The molecular weight excluding hydrogens is 314 g/mol. The Morgan fingerprint density at radius 2 is 1.56 bits per heavy atom. The molecule has 1 aliphatic carbocycles. The minimum atomic E-state index is -1.71. The van der Waals surface area contributed by atoms with Crippen molar-refractivity contribution in [2.45, 2.75) is 24.5 Å². The van der Waals surface area contributed by atoms with Crippen LogP contribution in [0.3, 0.4) is 0 Å². The quantitative estimate of drug-likeness (QED) is 0.857. The van der Waals surface area contributed by atoms with Crippen LogP contribution in [-0.4, -0.2) is 41.7 Å². The average molecular weight is 335 g/mol. The van der Waals surface area contributed by atoms with Crippen molar-refractivity contribution in [1.29, 1.82) is 0 Å². The molecule has 2 bridgehead atoms. The van der Waals surface area contributed by atoms with Gasteiger partial charge in [0.15, 0.2) is 0 Å². The summed E-state index contributed by atoms with van der Waals surface area (Å²) in [5, 5.41) is 11.5. The van der Waals surface area contributed by atoms with Gasteiger partial charge in [-0.25, -0.2) is 4.79 Å². The van der Waals surface area contributed by atoms with Gasteiger partial charge >= 0.3 is 5.97 Å².